The third kappa shape index (κ3) is 3.47. The molecule has 3 unspecified atom stereocenters. The zero-order valence-corrected chi connectivity index (χ0v) is 19.5. The van der Waals surface area contributed by atoms with Crippen LogP contribution in [0.5, 0.6) is 0 Å². The van der Waals surface area contributed by atoms with Gasteiger partial charge in [-0.05, 0) is 113 Å². The summed E-state index contributed by atoms with van der Waals surface area (Å²) in [5, 5.41) is 21.0. The molecule has 0 amide bonds. The molecule has 2 nitrogen and oxygen atoms in total. The molecule has 0 radical (unpaired) electrons. The van der Waals surface area contributed by atoms with Gasteiger partial charge in [0.1, 0.15) is 0 Å². The molecule has 4 rings (SSSR count). The molecular weight excluding hydrogens is 356 g/mol. The molecule has 2 fully saturated rings. The monoisotopic (exact) mass is 400 g/mol. The van der Waals surface area contributed by atoms with E-state index in [0.29, 0.717) is 5.41 Å². The van der Waals surface area contributed by atoms with E-state index in [-0.39, 0.29) is 11.3 Å². The molecular formula is C27H44O2. The fourth-order valence-electron chi connectivity index (χ4n) is 8.33. The van der Waals surface area contributed by atoms with Gasteiger partial charge in [-0.2, -0.15) is 0 Å². The average Bonchev–Trinajstić information content (AvgIpc) is 3.02. The highest BCUT2D eigenvalue weighted by Crippen LogP contribution is 2.66. The van der Waals surface area contributed by atoms with Gasteiger partial charge in [-0.15, -0.1) is 0 Å². The molecule has 2 N–H and O–H groups in total. The highest BCUT2D eigenvalue weighted by molar-refractivity contribution is 5.35. The van der Waals surface area contributed by atoms with E-state index in [9.17, 15) is 10.2 Å². The van der Waals surface area contributed by atoms with E-state index in [1.54, 1.807) is 11.1 Å². The SMILES string of the molecule is CC(C)=CCC[C@@H](C)[C@H]1CC[C@H]2C3=C(CC[C@]12C)[C@@]1(C)CCC(O)C(O)C1CC3. The largest absolute Gasteiger partial charge is 0.390 e. The van der Waals surface area contributed by atoms with E-state index in [1.807, 2.05) is 0 Å². The molecule has 4 aliphatic rings. The van der Waals surface area contributed by atoms with Crippen molar-refractivity contribution in [3.63, 3.8) is 0 Å². The Balaban J connectivity index is 1.57. The first-order valence-corrected chi connectivity index (χ1v) is 12.4. The highest BCUT2D eigenvalue weighted by Gasteiger charge is 2.57. The topological polar surface area (TPSA) is 40.5 Å². The Morgan fingerprint density at radius 1 is 1.07 bits per heavy atom. The van der Waals surface area contributed by atoms with Gasteiger partial charge in [0.15, 0.2) is 0 Å². The number of aliphatic hydroxyl groups excluding tert-OH is 2. The van der Waals surface area contributed by atoms with Crippen molar-refractivity contribution in [2.24, 2.45) is 34.5 Å². The van der Waals surface area contributed by atoms with Crippen molar-refractivity contribution in [3.8, 4) is 0 Å². The lowest BCUT2D eigenvalue weighted by atomic mass is 9.50. The van der Waals surface area contributed by atoms with Crippen molar-refractivity contribution in [1.29, 1.82) is 0 Å². The summed E-state index contributed by atoms with van der Waals surface area (Å²) in [6.07, 6.45) is 13.3. The average molecular weight is 401 g/mol. The van der Waals surface area contributed by atoms with Gasteiger partial charge in [0, 0.05) is 0 Å². The van der Waals surface area contributed by atoms with Crippen LogP contribution in [-0.2, 0) is 0 Å². The molecule has 0 spiro atoms. The molecule has 4 aliphatic carbocycles. The van der Waals surface area contributed by atoms with Gasteiger partial charge in [0.25, 0.3) is 0 Å². The summed E-state index contributed by atoms with van der Waals surface area (Å²) in [6, 6.07) is 0. The first kappa shape index (κ1) is 21.6. The third-order valence-electron chi connectivity index (χ3n) is 9.99. The second kappa shape index (κ2) is 7.83. The van der Waals surface area contributed by atoms with Crippen LogP contribution in [0, 0.1) is 34.5 Å². The van der Waals surface area contributed by atoms with Gasteiger partial charge < -0.3 is 10.2 Å². The number of allylic oxidation sites excluding steroid dienone is 4. The lowest BCUT2D eigenvalue weighted by Crippen LogP contribution is -2.52. The zero-order valence-electron chi connectivity index (χ0n) is 19.5. The third-order valence-corrected chi connectivity index (χ3v) is 9.99. The van der Waals surface area contributed by atoms with Crippen LogP contribution in [-0.4, -0.2) is 22.4 Å². The quantitative estimate of drug-likeness (QED) is 0.534. The first-order valence-electron chi connectivity index (χ1n) is 12.4. The van der Waals surface area contributed by atoms with Crippen LogP contribution in [0.3, 0.4) is 0 Å². The molecule has 2 saturated carbocycles. The Morgan fingerprint density at radius 2 is 1.83 bits per heavy atom. The van der Waals surface area contributed by atoms with Crippen LogP contribution in [0.2, 0.25) is 0 Å². The van der Waals surface area contributed by atoms with Crippen LogP contribution >= 0.6 is 0 Å². The summed E-state index contributed by atoms with van der Waals surface area (Å²) in [4.78, 5) is 0. The predicted octanol–water partition coefficient (Wildman–Crippen LogP) is 6.42. The van der Waals surface area contributed by atoms with Crippen LogP contribution < -0.4 is 0 Å². The van der Waals surface area contributed by atoms with Gasteiger partial charge in [-0.3, -0.25) is 0 Å². The van der Waals surface area contributed by atoms with Gasteiger partial charge in [0.2, 0.25) is 0 Å². The first-order chi connectivity index (χ1) is 13.7. The molecule has 0 heterocycles. The molecule has 2 heteroatoms. The van der Waals surface area contributed by atoms with E-state index < -0.39 is 12.2 Å². The minimum Gasteiger partial charge on any atom is -0.390 e. The number of fused-ring (bicyclic) bond motifs is 4. The maximum Gasteiger partial charge on any atom is 0.0835 e. The molecule has 0 bridgehead atoms. The molecule has 0 aromatic heterocycles. The predicted molar refractivity (Wildman–Crippen MR) is 120 cm³/mol. The Bertz CT molecular complexity index is 687. The van der Waals surface area contributed by atoms with Gasteiger partial charge >= 0.3 is 0 Å². The molecule has 0 aliphatic heterocycles. The fraction of sp³-hybridized carbons (Fsp3) is 0.852. The van der Waals surface area contributed by atoms with Gasteiger partial charge in [-0.25, -0.2) is 0 Å². The molecule has 29 heavy (non-hydrogen) atoms. The van der Waals surface area contributed by atoms with Crippen LogP contribution in [0.15, 0.2) is 22.8 Å². The number of hydrogen-bond acceptors (Lipinski definition) is 2. The maximum absolute atomic E-state index is 10.7. The lowest BCUT2D eigenvalue weighted by molar-refractivity contribution is -0.0966. The maximum atomic E-state index is 10.7. The molecule has 8 atom stereocenters. The molecule has 0 saturated heterocycles. The highest BCUT2D eigenvalue weighted by atomic mass is 16.3. The standard InChI is InChI=1S/C27H44O2/c1-17(2)7-6-8-18(3)20-11-12-21-19-9-10-23-25(29)24(28)14-16-27(23,5)22(19)13-15-26(20,21)4/h7,18,20-21,23-25,28-29H,6,8-16H2,1-5H3/t18-,20-,21+,23?,24?,25?,26-,27-/m1/s1. The Kier molecular flexibility index (Phi) is 5.84. The Morgan fingerprint density at radius 3 is 2.55 bits per heavy atom. The zero-order chi connectivity index (χ0) is 21.0. The molecule has 0 aromatic rings. The van der Waals surface area contributed by atoms with Crippen molar-refractivity contribution < 1.29 is 10.2 Å². The van der Waals surface area contributed by atoms with Gasteiger partial charge in [0.05, 0.1) is 12.2 Å². The number of hydrogen-bond donors (Lipinski definition) is 2. The second-order valence-corrected chi connectivity index (χ2v) is 11.7. The van der Waals surface area contributed by atoms with E-state index in [1.165, 1.54) is 50.5 Å². The second-order valence-electron chi connectivity index (χ2n) is 11.7. The van der Waals surface area contributed by atoms with E-state index in [4.69, 9.17) is 0 Å². The molecule has 0 aromatic carbocycles. The normalized spacial score (nSPS) is 45.3. The summed E-state index contributed by atoms with van der Waals surface area (Å²) in [6.45, 7) is 12.0. The summed E-state index contributed by atoms with van der Waals surface area (Å²) < 4.78 is 0. The van der Waals surface area contributed by atoms with Crippen LogP contribution in [0.4, 0.5) is 0 Å². The summed E-state index contributed by atoms with van der Waals surface area (Å²) in [5.74, 6) is 2.69. The number of rotatable bonds is 4. The number of aliphatic hydroxyl groups is 2. The van der Waals surface area contributed by atoms with Crippen molar-refractivity contribution in [3.05, 3.63) is 22.8 Å². The fourth-order valence-corrected chi connectivity index (χ4v) is 8.33. The minimum atomic E-state index is -0.525. The lowest BCUT2D eigenvalue weighted by Gasteiger charge is -2.56. The smallest absolute Gasteiger partial charge is 0.0835 e. The van der Waals surface area contributed by atoms with Crippen LogP contribution in [0.25, 0.3) is 0 Å². The molecule has 164 valence electrons. The van der Waals surface area contributed by atoms with Crippen molar-refractivity contribution in [2.75, 3.05) is 0 Å². The van der Waals surface area contributed by atoms with Crippen molar-refractivity contribution in [1.82, 2.24) is 0 Å². The summed E-state index contributed by atoms with van der Waals surface area (Å²) >= 11 is 0. The van der Waals surface area contributed by atoms with E-state index in [2.05, 4.69) is 40.7 Å². The van der Waals surface area contributed by atoms with E-state index >= 15 is 0 Å². The minimum absolute atomic E-state index is 0.126. The summed E-state index contributed by atoms with van der Waals surface area (Å²) in [5.41, 5.74) is 5.55. The Hall–Kier alpha value is -0.600. The van der Waals surface area contributed by atoms with Crippen molar-refractivity contribution >= 4 is 0 Å². The van der Waals surface area contributed by atoms with Gasteiger partial charge in [-0.1, -0.05) is 43.6 Å². The van der Waals surface area contributed by atoms with E-state index in [0.717, 1.165) is 37.0 Å². The summed E-state index contributed by atoms with van der Waals surface area (Å²) in [7, 11) is 0. The van der Waals surface area contributed by atoms with Crippen LogP contribution in [0.1, 0.15) is 98.8 Å². The Labute approximate surface area is 178 Å². The van der Waals surface area contributed by atoms with Crippen molar-refractivity contribution in [2.45, 2.75) is 111 Å².